The molecular formula is C11H12FN3O2S2. The van der Waals surface area contributed by atoms with Gasteiger partial charge in [0.25, 0.3) is 0 Å². The van der Waals surface area contributed by atoms with Crippen LogP contribution in [-0.4, -0.2) is 19.0 Å². The number of nitrogen functional groups attached to an aromatic ring is 1. The Kier molecular flexibility index (Phi) is 3.72. The van der Waals surface area contributed by atoms with Crippen molar-refractivity contribution in [2.24, 2.45) is 0 Å². The van der Waals surface area contributed by atoms with E-state index in [2.05, 4.69) is 9.69 Å². The molecule has 0 unspecified atom stereocenters. The van der Waals surface area contributed by atoms with Crippen LogP contribution in [0, 0.1) is 5.82 Å². The molecule has 0 saturated carbocycles. The Labute approximate surface area is 114 Å². The van der Waals surface area contributed by atoms with Gasteiger partial charge in [0.2, 0.25) is 0 Å². The molecule has 1 aromatic heterocycles. The highest BCUT2D eigenvalue weighted by Gasteiger charge is 2.20. The topological polar surface area (TPSA) is 85.1 Å². The number of nitrogens with zero attached hydrogens (tertiary/aromatic N) is 1. The van der Waals surface area contributed by atoms with Crippen molar-refractivity contribution in [1.29, 1.82) is 0 Å². The van der Waals surface area contributed by atoms with Crippen LogP contribution in [0.1, 0.15) is 5.56 Å². The van der Waals surface area contributed by atoms with Gasteiger partial charge in [0.15, 0.2) is 15.7 Å². The molecule has 2 aromatic rings. The lowest BCUT2D eigenvalue weighted by atomic mass is 10.2. The maximum absolute atomic E-state index is 12.7. The van der Waals surface area contributed by atoms with Crippen LogP contribution in [0.15, 0.2) is 29.2 Å². The van der Waals surface area contributed by atoms with E-state index in [-0.39, 0.29) is 16.5 Å². The summed E-state index contributed by atoms with van der Waals surface area (Å²) >= 11 is 0.986. The van der Waals surface area contributed by atoms with Gasteiger partial charge < -0.3 is 11.1 Å². The Bertz CT molecular complexity index is 680. The average molecular weight is 301 g/mol. The first-order valence-electron chi connectivity index (χ1n) is 5.31. The second-order valence-electron chi connectivity index (χ2n) is 3.98. The molecule has 0 aliphatic heterocycles. The van der Waals surface area contributed by atoms with E-state index in [0.29, 0.717) is 11.5 Å². The van der Waals surface area contributed by atoms with Gasteiger partial charge in [-0.2, -0.15) is 4.37 Å². The van der Waals surface area contributed by atoms with Crippen molar-refractivity contribution < 1.29 is 12.8 Å². The minimum Gasteiger partial charge on any atom is -0.382 e. The van der Waals surface area contributed by atoms with E-state index in [0.717, 1.165) is 23.4 Å². The Morgan fingerprint density at radius 1 is 1.37 bits per heavy atom. The van der Waals surface area contributed by atoms with Crippen LogP contribution in [0.5, 0.6) is 0 Å². The minimum absolute atomic E-state index is 0.00546. The van der Waals surface area contributed by atoms with Crippen molar-refractivity contribution in [3.05, 3.63) is 35.6 Å². The zero-order valence-electron chi connectivity index (χ0n) is 10.1. The molecule has 1 heterocycles. The largest absolute Gasteiger partial charge is 0.382 e. The number of benzene rings is 1. The van der Waals surface area contributed by atoms with E-state index in [9.17, 15) is 12.8 Å². The van der Waals surface area contributed by atoms with Gasteiger partial charge in [-0.15, -0.1) is 0 Å². The van der Waals surface area contributed by atoms with Gasteiger partial charge in [-0.1, -0.05) is 12.1 Å². The van der Waals surface area contributed by atoms with Crippen molar-refractivity contribution in [3.8, 4) is 0 Å². The summed E-state index contributed by atoms with van der Waals surface area (Å²) in [7, 11) is -3.43. The second kappa shape index (κ2) is 5.14. The highest BCUT2D eigenvalue weighted by Crippen LogP contribution is 2.31. The third-order valence-corrected chi connectivity index (χ3v) is 4.51. The van der Waals surface area contributed by atoms with Gasteiger partial charge >= 0.3 is 0 Å². The molecule has 0 atom stereocenters. The van der Waals surface area contributed by atoms with E-state index < -0.39 is 9.84 Å². The normalized spacial score (nSPS) is 11.5. The number of nitrogens with one attached hydrogen (secondary N) is 1. The molecular weight excluding hydrogens is 289 g/mol. The smallest absolute Gasteiger partial charge is 0.182 e. The van der Waals surface area contributed by atoms with E-state index in [1.807, 2.05) is 0 Å². The predicted octanol–water partition coefficient (Wildman–Crippen LogP) is 1.88. The first kappa shape index (κ1) is 13.8. The molecule has 0 aliphatic rings. The molecule has 2 rings (SSSR count). The summed E-state index contributed by atoms with van der Waals surface area (Å²) in [6, 6.07) is 5.92. The molecule has 8 heteroatoms. The van der Waals surface area contributed by atoms with Gasteiger partial charge in [0.1, 0.15) is 15.7 Å². The molecule has 1 aromatic carbocycles. The van der Waals surface area contributed by atoms with Crippen LogP contribution in [0.2, 0.25) is 0 Å². The average Bonchev–Trinajstić information content (AvgIpc) is 2.69. The lowest BCUT2D eigenvalue weighted by Gasteiger charge is -2.06. The summed E-state index contributed by atoms with van der Waals surface area (Å²) in [6.07, 6.45) is 1.08. The standard InChI is InChI=1S/C11H12FN3O2S2/c1-19(16,17)9-10(13)15-18-11(9)14-6-7-2-4-8(12)5-3-7/h2-5,14H,6H2,1H3,(H2,13,15). The number of aromatic nitrogens is 1. The molecule has 0 bridgehead atoms. The summed E-state index contributed by atoms with van der Waals surface area (Å²) < 4.78 is 39.8. The number of halogens is 1. The zero-order valence-corrected chi connectivity index (χ0v) is 11.7. The van der Waals surface area contributed by atoms with Gasteiger partial charge in [0.05, 0.1) is 0 Å². The Morgan fingerprint density at radius 3 is 2.58 bits per heavy atom. The van der Waals surface area contributed by atoms with Crippen molar-refractivity contribution in [1.82, 2.24) is 4.37 Å². The summed E-state index contributed by atoms with van der Waals surface area (Å²) in [5.41, 5.74) is 6.37. The molecule has 0 radical (unpaired) electrons. The summed E-state index contributed by atoms with van der Waals surface area (Å²) in [6.45, 7) is 0.366. The fourth-order valence-electron chi connectivity index (χ4n) is 1.55. The highest BCUT2D eigenvalue weighted by atomic mass is 32.2. The number of hydrogen-bond donors (Lipinski definition) is 2. The third-order valence-electron chi connectivity index (χ3n) is 2.41. The van der Waals surface area contributed by atoms with Crippen molar-refractivity contribution in [2.75, 3.05) is 17.3 Å². The second-order valence-corrected chi connectivity index (χ2v) is 6.70. The summed E-state index contributed by atoms with van der Waals surface area (Å²) in [5.74, 6) is -0.322. The van der Waals surface area contributed by atoms with Crippen LogP contribution >= 0.6 is 11.5 Å². The van der Waals surface area contributed by atoms with E-state index in [4.69, 9.17) is 5.73 Å². The summed E-state index contributed by atoms with van der Waals surface area (Å²) in [5, 5.41) is 3.34. The van der Waals surface area contributed by atoms with Crippen molar-refractivity contribution >= 4 is 32.2 Å². The number of nitrogens with two attached hydrogens (primary N) is 1. The lowest BCUT2D eigenvalue weighted by molar-refractivity contribution is 0.602. The van der Waals surface area contributed by atoms with Crippen molar-refractivity contribution in [2.45, 2.75) is 11.4 Å². The molecule has 0 aliphatic carbocycles. The highest BCUT2D eigenvalue weighted by molar-refractivity contribution is 7.91. The fourth-order valence-corrected chi connectivity index (χ4v) is 3.61. The number of rotatable bonds is 4. The molecule has 3 N–H and O–H groups in total. The SMILES string of the molecule is CS(=O)(=O)c1c(N)nsc1NCc1ccc(F)cc1. The van der Waals surface area contributed by atoms with Crippen LogP contribution in [-0.2, 0) is 16.4 Å². The van der Waals surface area contributed by atoms with Gasteiger partial charge in [-0.3, -0.25) is 0 Å². The Hall–Kier alpha value is -1.67. The number of anilines is 2. The number of hydrogen-bond acceptors (Lipinski definition) is 6. The summed E-state index contributed by atoms with van der Waals surface area (Å²) in [4.78, 5) is 0.0135. The molecule has 0 saturated heterocycles. The van der Waals surface area contributed by atoms with E-state index in [1.54, 1.807) is 12.1 Å². The maximum atomic E-state index is 12.7. The third kappa shape index (κ3) is 3.21. The lowest BCUT2D eigenvalue weighted by Crippen LogP contribution is -2.05. The Balaban J connectivity index is 2.19. The fraction of sp³-hybridized carbons (Fsp3) is 0.182. The molecule has 0 amide bonds. The van der Waals surface area contributed by atoms with Crippen LogP contribution in [0.3, 0.4) is 0 Å². The monoisotopic (exact) mass is 301 g/mol. The Morgan fingerprint density at radius 2 is 2.00 bits per heavy atom. The van der Waals surface area contributed by atoms with Gasteiger partial charge in [-0.25, -0.2) is 12.8 Å². The predicted molar refractivity (Wildman–Crippen MR) is 73.4 cm³/mol. The maximum Gasteiger partial charge on any atom is 0.182 e. The number of sulfone groups is 1. The molecule has 0 fully saturated rings. The quantitative estimate of drug-likeness (QED) is 0.900. The van der Waals surface area contributed by atoms with Crippen LogP contribution in [0.4, 0.5) is 15.2 Å². The first-order valence-corrected chi connectivity index (χ1v) is 7.98. The van der Waals surface area contributed by atoms with Gasteiger partial charge in [0, 0.05) is 12.8 Å². The van der Waals surface area contributed by atoms with E-state index >= 15 is 0 Å². The van der Waals surface area contributed by atoms with Crippen LogP contribution in [0.25, 0.3) is 0 Å². The van der Waals surface area contributed by atoms with Crippen LogP contribution < -0.4 is 11.1 Å². The molecule has 102 valence electrons. The zero-order chi connectivity index (χ0) is 14.0. The molecule has 19 heavy (non-hydrogen) atoms. The molecule has 5 nitrogen and oxygen atoms in total. The van der Waals surface area contributed by atoms with Crippen molar-refractivity contribution in [3.63, 3.8) is 0 Å². The molecule has 0 spiro atoms. The van der Waals surface area contributed by atoms with Gasteiger partial charge in [-0.05, 0) is 29.2 Å². The van der Waals surface area contributed by atoms with E-state index in [1.165, 1.54) is 12.1 Å². The first-order chi connectivity index (χ1) is 8.88. The minimum atomic E-state index is -3.43.